The molecule has 0 aliphatic carbocycles. The van der Waals surface area contributed by atoms with E-state index in [1.807, 2.05) is 18.2 Å². The molecule has 0 amide bonds. The van der Waals surface area contributed by atoms with Crippen LogP contribution in [0.4, 0.5) is 5.69 Å². The number of likely N-dealkylation sites (N-methyl/N-ethyl adjacent to an activating group) is 1. The van der Waals surface area contributed by atoms with E-state index in [9.17, 15) is 9.59 Å². The molecule has 27 heavy (non-hydrogen) atoms. The summed E-state index contributed by atoms with van der Waals surface area (Å²) in [4.78, 5) is 21.9. The Morgan fingerprint density at radius 1 is 1.19 bits per heavy atom. The summed E-state index contributed by atoms with van der Waals surface area (Å²) in [7, 11) is 2.16. The van der Waals surface area contributed by atoms with Crippen molar-refractivity contribution in [3.05, 3.63) is 29.5 Å². The maximum absolute atomic E-state index is 9.77. The molecular formula is C18H24N2O7. The number of anilines is 1. The first-order valence-electron chi connectivity index (χ1n) is 8.38. The van der Waals surface area contributed by atoms with Gasteiger partial charge in [-0.3, -0.25) is 4.90 Å². The van der Waals surface area contributed by atoms with Crippen molar-refractivity contribution in [2.24, 2.45) is 0 Å². The van der Waals surface area contributed by atoms with Crippen LogP contribution in [0.5, 0.6) is 0 Å². The Morgan fingerprint density at radius 2 is 1.74 bits per heavy atom. The van der Waals surface area contributed by atoms with Gasteiger partial charge in [-0.2, -0.15) is 0 Å². The Morgan fingerprint density at radius 3 is 2.26 bits per heavy atom. The first-order chi connectivity index (χ1) is 12.5. The van der Waals surface area contributed by atoms with Crippen molar-refractivity contribution < 1.29 is 34.4 Å². The third-order valence-electron chi connectivity index (χ3n) is 4.67. The van der Waals surface area contributed by atoms with Crippen molar-refractivity contribution >= 4 is 28.6 Å². The van der Waals surface area contributed by atoms with E-state index in [1.54, 1.807) is 0 Å². The lowest BCUT2D eigenvalue weighted by Crippen LogP contribution is -2.39. The van der Waals surface area contributed by atoms with Gasteiger partial charge in [-0.15, -0.1) is 0 Å². The molecule has 2 aromatic rings. The summed E-state index contributed by atoms with van der Waals surface area (Å²) >= 11 is 0. The highest BCUT2D eigenvalue weighted by Gasteiger charge is 2.31. The number of carboxylic acid groups (broad SMARTS) is 2. The van der Waals surface area contributed by atoms with Gasteiger partial charge in [0.05, 0.1) is 0 Å². The lowest BCUT2D eigenvalue weighted by molar-refractivity contribution is -0.165. The molecule has 1 aliphatic rings. The summed E-state index contributed by atoms with van der Waals surface area (Å²) in [5, 5.41) is 33.7. The van der Waals surface area contributed by atoms with Gasteiger partial charge in [0.1, 0.15) is 11.3 Å². The Bertz CT molecular complexity index is 830. The van der Waals surface area contributed by atoms with E-state index < -0.39 is 24.1 Å². The minimum absolute atomic E-state index is 0.393. The van der Waals surface area contributed by atoms with Crippen LogP contribution in [0.3, 0.4) is 0 Å². The van der Waals surface area contributed by atoms with Gasteiger partial charge in [-0.25, -0.2) is 9.59 Å². The molecule has 0 bridgehead atoms. The van der Waals surface area contributed by atoms with Gasteiger partial charge in [-0.05, 0) is 32.2 Å². The summed E-state index contributed by atoms with van der Waals surface area (Å²) in [6.07, 6.45) is -4.53. The molecule has 1 aromatic carbocycles. The van der Waals surface area contributed by atoms with Crippen LogP contribution in [0.15, 0.2) is 22.6 Å². The number of carboxylic acids is 2. The SMILES string of the molecule is CC1CN(C)C(C)c2c1oc1ccc(N)cc21.O=C(O)C(O)C(O)C(=O)O. The fraction of sp³-hybridized carbons (Fsp3) is 0.444. The smallest absolute Gasteiger partial charge is 0.335 e. The van der Waals surface area contributed by atoms with Crippen LogP contribution in [-0.4, -0.2) is 63.1 Å². The van der Waals surface area contributed by atoms with E-state index in [0.717, 1.165) is 23.6 Å². The number of carbonyl (C=O) groups is 2. The Labute approximate surface area is 155 Å². The molecule has 9 heteroatoms. The van der Waals surface area contributed by atoms with Crippen LogP contribution < -0.4 is 5.73 Å². The number of furan rings is 1. The van der Waals surface area contributed by atoms with E-state index in [-0.39, 0.29) is 0 Å². The van der Waals surface area contributed by atoms with Gasteiger partial charge in [0.15, 0.2) is 12.2 Å². The minimum Gasteiger partial charge on any atom is -0.479 e. The van der Waals surface area contributed by atoms with Crippen LogP contribution in [-0.2, 0) is 9.59 Å². The number of hydrogen-bond donors (Lipinski definition) is 5. The van der Waals surface area contributed by atoms with E-state index in [2.05, 4.69) is 25.8 Å². The van der Waals surface area contributed by atoms with Crippen molar-refractivity contribution in [1.29, 1.82) is 0 Å². The number of benzene rings is 1. The summed E-state index contributed by atoms with van der Waals surface area (Å²) in [6, 6.07) is 6.29. The molecule has 3 rings (SSSR count). The number of hydrogen-bond acceptors (Lipinski definition) is 7. The highest BCUT2D eigenvalue weighted by atomic mass is 16.4. The van der Waals surface area contributed by atoms with E-state index in [0.29, 0.717) is 12.0 Å². The minimum atomic E-state index is -2.27. The molecule has 9 nitrogen and oxygen atoms in total. The average molecular weight is 380 g/mol. The molecule has 4 unspecified atom stereocenters. The summed E-state index contributed by atoms with van der Waals surface area (Å²) < 4.78 is 5.99. The van der Waals surface area contributed by atoms with Gasteiger partial charge in [0.2, 0.25) is 0 Å². The van der Waals surface area contributed by atoms with Crippen LogP contribution in [0.2, 0.25) is 0 Å². The largest absolute Gasteiger partial charge is 0.479 e. The second-order valence-corrected chi connectivity index (χ2v) is 6.72. The first kappa shape index (κ1) is 20.7. The van der Waals surface area contributed by atoms with Crippen LogP contribution >= 0.6 is 0 Å². The topological polar surface area (TPSA) is 157 Å². The van der Waals surface area contributed by atoms with Crippen LogP contribution in [0.25, 0.3) is 11.0 Å². The molecule has 4 atom stereocenters. The second-order valence-electron chi connectivity index (χ2n) is 6.72. The zero-order valence-corrected chi connectivity index (χ0v) is 15.3. The van der Waals surface area contributed by atoms with Gasteiger partial charge < -0.3 is 30.6 Å². The van der Waals surface area contributed by atoms with E-state index >= 15 is 0 Å². The van der Waals surface area contributed by atoms with Gasteiger partial charge in [-0.1, -0.05) is 6.92 Å². The molecule has 1 aliphatic heterocycles. The molecule has 0 saturated heterocycles. The Hall–Kier alpha value is -2.62. The number of aliphatic hydroxyl groups is 2. The van der Waals surface area contributed by atoms with Gasteiger partial charge in [0.25, 0.3) is 0 Å². The number of aliphatic carboxylic acids is 2. The van der Waals surface area contributed by atoms with Crippen molar-refractivity contribution in [2.75, 3.05) is 19.3 Å². The Balaban J connectivity index is 0.000000227. The highest BCUT2D eigenvalue weighted by molar-refractivity contribution is 5.86. The van der Waals surface area contributed by atoms with E-state index in [1.165, 1.54) is 10.9 Å². The maximum Gasteiger partial charge on any atom is 0.335 e. The lowest BCUT2D eigenvalue weighted by Gasteiger charge is -2.32. The maximum atomic E-state index is 9.77. The number of nitrogens with two attached hydrogens (primary N) is 1. The number of aliphatic hydroxyl groups excluding tert-OH is 2. The highest BCUT2D eigenvalue weighted by Crippen LogP contribution is 2.41. The monoisotopic (exact) mass is 380 g/mol. The zero-order valence-electron chi connectivity index (χ0n) is 15.3. The molecule has 0 spiro atoms. The third-order valence-corrected chi connectivity index (χ3v) is 4.67. The molecule has 2 heterocycles. The Kier molecular flexibility index (Phi) is 6.09. The predicted octanol–water partition coefficient (Wildman–Crippen LogP) is 1.00. The zero-order chi connectivity index (χ0) is 20.5. The fourth-order valence-electron chi connectivity index (χ4n) is 3.11. The number of rotatable bonds is 3. The van der Waals surface area contributed by atoms with Crippen molar-refractivity contribution in [3.63, 3.8) is 0 Å². The van der Waals surface area contributed by atoms with Gasteiger partial charge >= 0.3 is 11.9 Å². The van der Waals surface area contributed by atoms with Gasteiger partial charge in [0, 0.05) is 35.1 Å². The third kappa shape index (κ3) is 4.21. The van der Waals surface area contributed by atoms with E-state index in [4.69, 9.17) is 30.6 Å². The summed E-state index contributed by atoms with van der Waals surface area (Å²) in [5.74, 6) is -1.96. The normalized spacial score (nSPS) is 21.7. The van der Waals surface area contributed by atoms with Crippen LogP contribution in [0.1, 0.15) is 37.1 Å². The van der Waals surface area contributed by atoms with Crippen LogP contribution in [0, 0.1) is 0 Å². The summed E-state index contributed by atoms with van der Waals surface area (Å²) in [6.45, 7) is 5.49. The molecule has 0 radical (unpaired) electrons. The lowest BCUT2D eigenvalue weighted by atomic mass is 9.92. The van der Waals surface area contributed by atoms with Crippen molar-refractivity contribution in [2.45, 2.75) is 38.0 Å². The molecule has 148 valence electrons. The predicted molar refractivity (Wildman–Crippen MR) is 97.4 cm³/mol. The number of nitrogens with zero attached hydrogens (tertiary/aromatic N) is 1. The quantitative estimate of drug-likeness (QED) is 0.490. The summed E-state index contributed by atoms with van der Waals surface area (Å²) in [5.41, 5.74) is 8.95. The number of fused-ring (bicyclic) bond motifs is 3. The average Bonchev–Trinajstić information content (AvgIpc) is 2.98. The molecule has 0 saturated carbocycles. The van der Waals surface area contributed by atoms with Crippen molar-refractivity contribution in [1.82, 2.24) is 4.90 Å². The molecular weight excluding hydrogens is 356 g/mol. The fourth-order valence-corrected chi connectivity index (χ4v) is 3.11. The molecule has 6 N–H and O–H groups in total. The molecule has 1 aromatic heterocycles. The van der Waals surface area contributed by atoms with Crippen molar-refractivity contribution in [3.8, 4) is 0 Å². The molecule has 0 fully saturated rings. The first-order valence-corrected chi connectivity index (χ1v) is 8.38. The second kappa shape index (κ2) is 7.95. The number of nitrogen functional groups attached to an aromatic ring is 1. The standard InChI is InChI=1S/C14H18N2O.C4H6O6/c1-8-7-16(3)9(2)13-11-6-10(15)4-5-12(11)17-14(8)13;5-1(3(7)8)2(6)4(9)10/h4-6,8-9H,7,15H2,1-3H3;1-2,5-6H,(H,7,8)(H,9,10).